The Balaban J connectivity index is 1.23. The van der Waals surface area contributed by atoms with Crippen LogP contribution in [-0.2, 0) is 12.8 Å². The zero-order valence-electron chi connectivity index (χ0n) is 43.0. The number of rotatable bonds is 8. The zero-order chi connectivity index (χ0) is 52.2. The van der Waals surface area contributed by atoms with Crippen LogP contribution in [0.25, 0.3) is 132 Å². The van der Waals surface area contributed by atoms with Crippen molar-refractivity contribution in [1.29, 1.82) is 10.5 Å². The van der Waals surface area contributed by atoms with Gasteiger partial charge >= 0.3 is 0 Å². The molecule has 0 aliphatic heterocycles. The minimum atomic E-state index is 0.589. The number of benzene rings is 11. The molecule has 15 rings (SSSR count). The molecule has 4 aromatic heterocycles. The molecule has 0 atom stereocenters. The number of nitrogens with zero attached hydrogens (tertiary/aromatic N) is 6. The molecular formula is C72H48N6. The lowest BCUT2D eigenvalue weighted by Crippen LogP contribution is -2.13. The summed E-state index contributed by atoms with van der Waals surface area (Å²) in [6.45, 7) is 4.56. The number of nitriles is 2. The van der Waals surface area contributed by atoms with Gasteiger partial charge in [-0.15, -0.1) is 0 Å². The summed E-state index contributed by atoms with van der Waals surface area (Å²) in [4.78, 5) is 0. The van der Waals surface area contributed by atoms with Gasteiger partial charge in [0, 0.05) is 71.2 Å². The molecule has 0 aliphatic rings. The Morgan fingerprint density at radius 2 is 0.692 bits per heavy atom. The van der Waals surface area contributed by atoms with Gasteiger partial charge in [0.05, 0.1) is 78.8 Å². The van der Waals surface area contributed by atoms with Crippen LogP contribution in [0.4, 0.5) is 0 Å². The van der Waals surface area contributed by atoms with Crippen LogP contribution in [-0.4, -0.2) is 18.3 Å². The van der Waals surface area contributed by atoms with Crippen LogP contribution in [0, 0.1) is 22.7 Å². The van der Waals surface area contributed by atoms with Crippen LogP contribution in [0.15, 0.2) is 231 Å². The largest absolute Gasteiger partial charge is 0.309 e. The molecule has 0 N–H and O–H groups in total. The van der Waals surface area contributed by atoms with E-state index in [4.69, 9.17) is 0 Å². The van der Waals surface area contributed by atoms with Crippen LogP contribution in [0.2, 0.25) is 0 Å². The Hall–Kier alpha value is -10.4. The fourth-order valence-corrected chi connectivity index (χ4v) is 13.3. The second-order valence-corrected chi connectivity index (χ2v) is 20.3. The fraction of sp³-hybridized carbons (Fsp3) is 0.0556. The average molecular weight is 997 g/mol. The van der Waals surface area contributed by atoms with Gasteiger partial charge in [0.1, 0.15) is 0 Å². The zero-order valence-corrected chi connectivity index (χ0v) is 43.0. The van der Waals surface area contributed by atoms with Gasteiger partial charge < -0.3 is 18.3 Å². The Kier molecular flexibility index (Phi) is 10.2. The number of aromatic nitrogens is 4. The quantitative estimate of drug-likeness (QED) is 0.152. The van der Waals surface area contributed by atoms with Gasteiger partial charge in [0.25, 0.3) is 0 Å². The Morgan fingerprint density at radius 1 is 0.321 bits per heavy atom. The summed E-state index contributed by atoms with van der Waals surface area (Å²) in [5, 5.41) is 30.7. The fourth-order valence-electron chi connectivity index (χ4n) is 13.3. The maximum Gasteiger partial charge on any atom is 0.0991 e. The van der Waals surface area contributed by atoms with E-state index in [1.165, 1.54) is 10.8 Å². The van der Waals surface area contributed by atoms with Crippen molar-refractivity contribution in [2.75, 3.05) is 0 Å². The molecule has 4 heterocycles. The third kappa shape index (κ3) is 6.35. The van der Waals surface area contributed by atoms with Crippen molar-refractivity contribution in [3.63, 3.8) is 0 Å². The molecule has 6 nitrogen and oxygen atoms in total. The molecule has 0 bridgehead atoms. The number of hydrogen-bond acceptors (Lipinski definition) is 2. The predicted octanol–water partition coefficient (Wildman–Crippen LogP) is 18.3. The van der Waals surface area contributed by atoms with Gasteiger partial charge in [-0.3, -0.25) is 0 Å². The summed E-state index contributed by atoms with van der Waals surface area (Å²) in [6, 6.07) is 87.4. The van der Waals surface area contributed by atoms with Gasteiger partial charge in [-0.2, -0.15) is 10.5 Å². The molecule has 0 amide bonds. The molecule has 15 aromatic rings. The summed E-state index contributed by atoms with van der Waals surface area (Å²) < 4.78 is 10.00. The normalized spacial score (nSPS) is 11.8. The van der Waals surface area contributed by atoms with Crippen LogP contribution >= 0.6 is 0 Å². The number of para-hydroxylation sites is 6. The van der Waals surface area contributed by atoms with Crippen LogP contribution < -0.4 is 0 Å². The molecule has 0 fully saturated rings. The molecule has 0 saturated carbocycles. The van der Waals surface area contributed by atoms with E-state index in [2.05, 4.69) is 251 Å². The molecule has 0 radical (unpaired) electrons. The van der Waals surface area contributed by atoms with Crippen molar-refractivity contribution >= 4 is 87.2 Å². The summed E-state index contributed by atoms with van der Waals surface area (Å²) in [5.74, 6) is 0. The van der Waals surface area contributed by atoms with Gasteiger partial charge in [-0.05, 0) is 114 Å². The van der Waals surface area contributed by atoms with Crippen molar-refractivity contribution in [2.24, 2.45) is 0 Å². The predicted molar refractivity (Wildman–Crippen MR) is 323 cm³/mol. The highest BCUT2D eigenvalue weighted by atomic mass is 15.1. The highest BCUT2D eigenvalue weighted by Gasteiger charge is 2.32. The van der Waals surface area contributed by atoms with E-state index in [0.29, 0.717) is 24.0 Å². The second kappa shape index (κ2) is 17.6. The number of hydrogen-bond donors (Lipinski definition) is 0. The highest BCUT2D eigenvalue weighted by Crippen LogP contribution is 2.52. The molecule has 0 saturated heterocycles. The van der Waals surface area contributed by atoms with Crippen molar-refractivity contribution in [3.8, 4) is 57.1 Å². The maximum absolute atomic E-state index is 10.7. The smallest absolute Gasteiger partial charge is 0.0991 e. The third-order valence-electron chi connectivity index (χ3n) is 16.3. The Labute approximate surface area is 450 Å². The van der Waals surface area contributed by atoms with Gasteiger partial charge in [0.15, 0.2) is 0 Å². The topological polar surface area (TPSA) is 67.3 Å². The van der Waals surface area contributed by atoms with Crippen LogP contribution in [0.3, 0.4) is 0 Å². The standard InChI is InChI=1S/C72H48N6/c1-3-51-65(47-23-19-21-45(41-47)43-73)69(77-59-33-15-11-29-53(59)55-37-39-63-67(71(55)77)57-31-13-17-35-61(57)75(63)49-25-7-5-8-26-49)52(4-2)70(66(51)48-24-20-22-46(42-48)44-74)78-60-34-16-12-30-54(60)56-38-40-64-68(72(56)78)58-32-14-18-36-62(58)76(64)50-27-9-6-10-28-50/h5-42H,3-4H2,1-2H3. The minimum Gasteiger partial charge on any atom is -0.309 e. The molecule has 366 valence electrons. The van der Waals surface area contributed by atoms with Crippen LogP contribution in [0.1, 0.15) is 36.1 Å². The van der Waals surface area contributed by atoms with Gasteiger partial charge in [0.2, 0.25) is 0 Å². The first kappa shape index (κ1) is 45.0. The SMILES string of the molecule is CCc1c(-c2cccc(C#N)c2)c(-n2c3ccccc3c3ccc4c(c5ccccc5n4-c4ccccc4)c32)c(CC)c(-n2c3ccccc3c3ccc4c(c5ccccc5n4-c4ccccc4)c32)c1-c1cccc(C#N)c1. The molecule has 78 heavy (non-hydrogen) atoms. The summed E-state index contributed by atoms with van der Waals surface area (Å²) in [6.07, 6.45) is 1.28. The summed E-state index contributed by atoms with van der Waals surface area (Å²) in [7, 11) is 0. The molecule has 11 aromatic carbocycles. The minimum absolute atomic E-state index is 0.589. The molecule has 6 heteroatoms. The van der Waals surface area contributed by atoms with E-state index in [1.807, 2.05) is 24.3 Å². The Morgan fingerprint density at radius 3 is 1.09 bits per heavy atom. The highest BCUT2D eigenvalue weighted by molar-refractivity contribution is 6.28. The van der Waals surface area contributed by atoms with Crippen molar-refractivity contribution in [1.82, 2.24) is 18.3 Å². The van der Waals surface area contributed by atoms with Crippen molar-refractivity contribution in [2.45, 2.75) is 26.7 Å². The van der Waals surface area contributed by atoms with Crippen molar-refractivity contribution < 1.29 is 0 Å². The molecule has 0 spiro atoms. The first-order valence-corrected chi connectivity index (χ1v) is 26.8. The third-order valence-corrected chi connectivity index (χ3v) is 16.3. The van der Waals surface area contributed by atoms with Gasteiger partial charge in [-0.1, -0.05) is 159 Å². The first-order chi connectivity index (χ1) is 38.6. The number of fused-ring (bicyclic) bond motifs is 14. The lowest BCUT2D eigenvalue weighted by molar-refractivity contribution is 1.01. The van der Waals surface area contributed by atoms with E-state index < -0.39 is 0 Å². The van der Waals surface area contributed by atoms with Crippen molar-refractivity contribution in [3.05, 3.63) is 253 Å². The van der Waals surface area contributed by atoms with E-state index in [0.717, 1.165) is 133 Å². The van der Waals surface area contributed by atoms with Crippen LogP contribution in [0.5, 0.6) is 0 Å². The second-order valence-electron chi connectivity index (χ2n) is 20.3. The molecule has 0 aliphatic carbocycles. The Bertz CT molecular complexity index is 4750. The maximum atomic E-state index is 10.7. The average Bonchev–Trinajstić information content (AvgIpc) is 4.27. The van der Waals surface area contributed by atoms with E-state index in [9.17, 15) is 10.5 Å². The van der Waals surface area contributed by atoms with Gasteiger partial charge in [-0.25, -0.2) is 0 Å². The summed E-state index contributed by atoms with van der Waals surface area (Å²) in [5.41, 5.74) is 20.7. The monoisotopic (exact) mass is 996 g/mol. The van der Waals surface area contributed by atoms with E-state index >= 15 is 0 Å². The van der Waals surface area contributed by atoms with E-state index in [-0.39, 0.29) is 0 Å². The van der Waals surface area contributed by atoms with E-state index in [1.54, 1.807) is 0 Å². The lowest BCUT2D eigenvalue weighted by atomic mass is 9.83. The molecule has 0 unspecified atom stereocenters. The summed E-state index contributed by atoms with van der Waals surface area (Å²) >= 11 is 0. The molecular weight excluding hydrogens is 949 g/mol. The lowest BCUT2D eigenvalue weighted by Gasteiger charge is -2.29. The first-order valence-electron chi connectivity index (χ1n) is 26.8.